The Labute approximate surface area is 156 Å². The molecule has 0 bridgehead atoms. The predicted octanol–water partition coefficient (Wildman–Crippen LogP) is 3.91. The zero-order chi connectivity index (χ0) is 16.8. The average molecular weight is 364 g/mol. The van der Waals surface area contributed by atoms with Crippen LogP contribution in [0.15, 0.2) is 54.6 Å². The molecule has 0 saturated carbocycles. The standard InChI is InChI=1S/C20H25NO3.ClH/c1-21(2)20(18-13-22-15-23-14-18)17-8-10-19(11-9-17)24-12-16-6-4-3-5-7-16;/h3-11,18,20H,12-15H2,1-2H3;1H. The minimum absolute atomic E-state index is 0. The molecule has 0 amide bonds. The van der Waals surface area contributed by atoms with Gasteiger partial charge in [-0.1, -0.05) is 42.5 Å². The number of hydrogen-bond acceptors (Lipinski definition) is 4. The molecule has 1 atom stereocenters. The molecule has 1 saturated heterocycles. The highest BCUT2D eigenvalue weighted by Gasteiger charge is 2.27. The average Bonchev–Trinajstić information content (AvgIpc) is 2.63. The molecule has 4 nitrogen and oxygen atoms in total. The summed E-state index contributed by atoms with van der Waals surface area (Å²) in [5.41, 5.74) is 2.43. The summed E-state index contributed by atoms with van der Waals surface area (Å²) in [6, 6.07) is 18.8. The van der Waals surface area contributed by atoms with Crippen LogP contribution in [0.25, 0.3) is 0 Å². The van der Waals surface area contributed by atoms with Crippen LogP contribution in [0.1, 0.15) is 17.2 Å². The van der Waals surface area contributed by atoms with Gasteiger partial charge in [-0.3, -0.25) is 0 Å². The van der Waals surface area contributed by atoms with Crippen LogP contribution in [0.5, 0.6) is 5.75 Å². The molecule has 0 aliphatic carbocycles. The van der Waals surface area contributed by atoms with E-state index in [4.69, 9.17) is 14.2 Å². The van der Waals surface area contributed by atoms with E-state index in [1.165, 1.54) is 11.1 Å². The van der Waals surface area contributed by atoms with Crippen LogP contribution >= 0.6 is 12.4 Å². The highest BCUT2D eigenvalue weighted by Crippen LogP contribution is 2.30. The maximum absolute atomic E-state index is 5.87. The minimum Gasteiger partial charge on any atom is -0.489 e. The molecule has 25 heavy (non-hydrogen) atoms. The summed E-state index contributed by atoms with van der Waals surface area (Å²) in [5.74, 6) is 1.22. The van der Waals surface area contributed by atoms with Gasteiger partial charge < -0.3 is 19.1 Å². The molecule has 2 aromatic rings. The van der Waals surface area contributed by atoms with E-state index in [1.54, 1.807) is 0 Å². The molecule has 1 unspecified atom stereocenters. The molecule has 136 valence electrons. The first-order valence-corrected chi connectivity index (χ1v) is 8.32. The maximum Gasteiger partial charge on any atom is 0.146 e. The second-order valence-corrected chi connectivity index (χ2v) is 6.37. The van der Waals surface area contributed by atoms with Gasteiger partial charge in [-0.15, -0.1) is 12.4 Å². The largest absolute Gasteiger partial charge is 0.489 e. The van der Waals surface area contributed by atoms with Gasteiger partial charge in [0.05, 0.1) is 13.2 Å². The molecular weight excluding hydrogens is 338 g/mol. The van der Waals surface area contributed by atoms with E-state index in [-0.39, 0.29) is 18.4 Å². The third-order valence-corrected chi connectivity index (χ3v) is 4.30. The van der Waals surface area contributed by atoms with E-state index < -0.39 is 0 Å². The first-order chi connectivity index (χ1) is 11.7. The van der Waals surface area contributed by atoms with Crippen molar-refractivity contribution in [1.82, 2.24) is 4.90 Å². The lowest BCUT2D eigenvalue weighted by molar-refractivity contribution is -0.139. The highest BCUT2D eigenvalue weighted by atomic mass is 35.5. The zero-order valence-corrected chi connectivity index (χ0v) is 15.6. The molecule has 3 rings (SSSR count). The quantitative estimate of drug-likeness (QED) is 0.778. The van der Waals surface area contributed by atoms with Crippen molar-refractivity contribution in [1.29, 1.82) is 0 Å². The fourth-order valence-electron chi connectivity index (χ4n) is 3.18. The van der Waals surface area contributed by atoms with Crippen LogP contribution < -0.4 is 4.74 Å². The molecule has 1 aliphatic heterocycles. The first kappa shape index (κ1) is 19.7. The smallest absolute Gasteiger partial charge is 0.146 e. The van der Waals surface area contributed by atoms with E-state index in [0.29, 0.717) is 19.3 Å². The number of halogens is 1. The van der Waals surface area contributed by atoms with Crippen molar-refractivity contribution >= 4 is 12.4 Å². The van der Waals surface area contributed by atoms with Crippen LogP contribution in [-0.4, -0.2) is 39.0 Å². The van der Waals surface area contributed by atoms with Crippen molar-refractivity contribution in [3.63, 3.8) is 0 Å². The molecule has 1 fully saturated rings. The topological polar surface area (TPSA) is 30.9 Å². The number of ether oxygens (including phenoxy) is 3. The highest BCUT2D eigenvalue weighted by molar-refractivity contribution is 5.85. The summed E-state index contributed by atoms with van der Waals surface area (Å²) in [6.45, 7) is 2.45. The molecule has 0 N–H and O–H groups in total. The number of hydrogen-bond donors (Lipinski definition) is 0. The summed E-state index contributed by atoms with van der Waals surface area (Å²) < 4.78 is 16.8. The summed E-state index contributed by atoms with van der Waals surface area (Å²) in [7, 11) is 4.19. The van der Waals surface area contributed by atoms with Crippen LogP contribution in [0.2, 0.25) is 0 Å². The summed E-state index contributed by atoms with van der Waals surface area (Å²) >= 11 is 0. The summed E-state index contributed by atoms with van der Waals surface area (Å²) in [5, 5.41) is 0. The third-order valence-electron chi connectivity index (χ3n) is 4.30. The normalized spacial score (nSPS) is 16.3. The SMILES string of the molecule is CN(C)C(c1ccc(OCc2ccccc2)cc1)C1COCOC1.Cl. The van der Waals surface area contributed by atoms with Gasteiger partial charge in [0.25, 0.3) is 0 Å². The molecule has 2 aromatic carbocycles. The van der Waals surface area contributed by atoms with Gasteiger partial charge >= 0.3 is 0 Å². The molecule has 0 aromatic heterocycles. The Hall–Kier alpha value is -1.59. The van der Waals surface area contributed by atoms with E-state index in [0.717, 1.165) is 19.0 Å². The molecule has 1 aliphatic rings. The number of rotatable bonds is 6. The van der Waals surface area contributed by atoms with Gasteiger partial charge in [0.2, 0.25) is 0 Å². The molecule has 0 radical (unpaired) electrons. The number of nitrogens with zero attached hydrogens (tertiary/aromatic N) is 1. The van der Waals surface area contributed by atoms with Crippen molar-refractivity contribution in [3.8, 4) is 5.75 Å². The summed E-state index contributed by atoms with van der Waals surface area (Å²) in [6.07, 6.45) is 0. The van der Waals surface area contributed by atoms with Gasteiger partial charge in [0.15, 0.2) is 0 Å². The molecular formula is C20H26ClNO3. The van der Waals surface area contributed by atoms with Crippen LogP contribution in [0.3, 0.4) is 0 Å². The lowest BCUT2D eigenvalue weighted by atomic mass is 9.93. The van der Waals surface area contributed by atoms with Crippen molar-refractivity contribution in [2.75, 3.05) is 34.1 Å². The maximum atomic E-state index is 5.87. The Balaban J connectivity index is 0.00000225. The Morgan fingerprint density at radius 3 is 2.24 bits per heavy atom. The van der Waals surface area contributed by atoms with E-state index in [9.17, 15) is 0 Å². The van der Waals surface area contributed by atoms with Crippen LogP contribution in [0.4, 0.5) is 0 Å². The van der Waals surface area contributed by atoms with E-state index >= 15 is 0 Å². The fourth-order valence-corrected chi connectivity index (χ4v) is 3.18. The minimum atomic E-state index is 0. The Morgan fingerprint density at radius 2 is 1.64 bits per heavy atom. The van der Waals surface area contributed by atoms with Crippen molar-refractivity contribution < 1.29 is 14.2 Å². The Bertz CT molecular complexity index is 613. The lowest BCUT2D eigenvalue weighted by Crippen LogP contribution is -2.36. The van der Waals surface area contributed by atoms with Crippen molar-refractivity contribution in [2.24, 2.45) is 5.92 Å². The first-order valence-electron chi connectivity index (χ1n) is 8.32. The van der Waals surface area contributed by atoms with Gasteiger partial charge in [-0.25, -0.2) is 0 Å². The van der Waals surface area contributed by atoms with Gasteiger partial charge in [-0.05, 0) is 37.4 Å². The zero-order valence-electron chi connectivity index (χ0n) is 14.8. The van der Waals surface area contributed by atoms with Crippen LogP contribution in [-0.2, 0) is 16.1 Å². The second kappa shape index (κ2) is 9.78. The second-order valence-electron chi connectivity index (χ2n) is 6.37. The van der Waals surface area contributed by atoms with Gasteiger partial charge in [0.1, 0.15) is 19.1 Å². The molecule has 1 heterocycles. The third kappa shape index (κ3) is 5.44. The van der Waals surface area contributed by atoms with Crippen molar-refractivity contribution in [3.05, 3.63) is 65.7 Å². The lowest BCUT2D eigenvalue weighted by Gasteiger charge is -2.34. The molecule has 5 heteroatoms. The van der Waals surface area contributed by atoms with E-state index in [1.807, 2.05) is 30.3 Å². The van der Waals surface area contributed by atoms with E-state index in [2.05, 4.69) is 43.3 Å². The van der Waals surface area contributed by atoms with Crippen molar-refractivity contribution in [2.45, 2.75) is 12.6 Å². The van der Waals surface area contributed by atoms with Gasteiger partial charge in [0, 0.05) is 12.0 Å². The monoisotopic (exact) mass is 363 g/mol. The number of benzene rings is 2. The Morgan fingerprint density at radius 1 is 1.00 bits per heavy atom. The predicted molar refractivity (Wildman–Crippen MR) is 101 cm³/mol. The fraction of sp³-hybridized carbons (Fsp3) is 0.400. The van der Waals surface area contributed by atoms with Crippen LogP contribution in [0, 0.1) is 5.92 Å². The Kier molecular flexibility index (Phi) is 7.72. The molecule has 0 spiro atoms. The van der Waals surface area contributed by atoms with Gasteiger partial charge in [-0.2, -0.15) is 0 Å². The summed E-state index contributed by atoms with van der Waals surface area (Å²) in [4.78, 5) is 2.22.